The highest BCUT2D eigenvalue weighted by Gasteiger charge is 2.07. The molecule has 82 valence electrons. The van der Waals surface area contributed by atoms with E-state index in [0.717, 1.165) is 11.3 Å². The smallest absolute Gasteiger partial charge is 0.269 e. The minimum atomic E-state index is -0.538. The van der Waals surface area contributed by atoms with Crippen molar-refractivity contribution in [3.05, 3.63) is 47.8 Å². The molecular formula is C11H12N4O. The molecule has 5 heteroatoms. The number of primary amides is 1. The monoisotopic (exact) mass is 216 g/mol. The number of para-hydroxylation sites is 1. The van der Waals surface area contributed by atoms with Crippen LogP contribution in [0.5, 0.6) is 0 Å². The van der Waals surface area contributed by atoms with E-state index in [9.17, 15) is 4.79 Å². The van der Waals surface area contributed by atoms with Gasteiger partial charge in [0.25, 0.3) is 5.91 Å². The molecule has 1 amide bonds. The maximum atomic E-state index is 10.9. The van der Waals surface area contributed by atoms with Crippen molar-refractivity contribution in [3.63, 3.8) is 0 Å². The number of amides is 1. The lowest BCUT2D eigenvalue weighted by molar-refractivity contribution is 0.0995. The maximum absolute atomic E-state index is 10.9. The summed E-state index contributed by atoms with van der Waals surface area (Å²) in [6.07, 6.45) is 1.69. The van der Waals surface area contributed by atoms with Crippen molar-refractivity contribution in [1.82, 2.24) is 9.78 Å². The molecule has 4 N–H and O–H groups in total. The number of hydrogen-bond donors (Lipinski definition) is 2. The molecular weight excluding hydrogens is 204 g/mol. The van der Waals surface area contributed by atoms with Gasteiger partial charge in [-0.2, -0.15) is 5.10 Å². The molecule has 0 radical (unpaired) electrons. The van der Waals surface area contributed by atoms with E-state index >= 15 is 0 Å². The molecule has 0 atom stereocenters. The van der Waals surface area contributed by atoms with Crippen LogP contribution in [0.1, 0.15) is 16.1 Å². The third-order valence-electron chi connectivity index (χ3n) is 2.30. The van der Waals surface area contributed by atoms with Crippen LogP contribution in [-0.4, -0.2) is 15.7 Å². The lowest BCUT2D eigenvalue weighted by Crippen LogP contribution is -2.12. The zero-order chi connectivity index (χ0) is 11.5. The van der Waals surface area contributed by atoms with E-state index < -0.39 is 5.91 Å². The van der Waals surface area contributed by atoms with Gasteiger partial charge in [-0.15, -0.1) is 0 Å². The van der Waals surface area contributed by atoms with Crippen LogP contribution in [0.15, 0.2) is 36.5 Å². The molecule has 16 heavy (non-hydrogen) atoms. The van der Waals surface area contributed by atoms with Crippen LogP contribution in [0.2, 0.25) is 0 Å². The zero-order valence-electron chi connectivity index (χ0n) is 8.63. The topological polar surface area (TPSA) is 86.9 Å². The Bertz CT molecular complexity index is 518. The van der Waals surface area contributed by atoms with Gasteiger partial charge in [-0.3, -0.25) is 4.79 Å². The van der Waals surface area contributed by atoms with E-state index in [1.54, 1.807) is 16.9 Å². The third-order valence-corrected chi connectivity index (χ3v) is 2.30. The molecule has 0 aliphatic carbocycles. The average Bonchev–Trinajstić information content (AvgIpc) is 2.78. The van der Waals surface area contributed by atoms with Gasteiger partial charge in [-0.05, 0) is 17.7 Å². The number of hydrogen-bond acceptors (Lipinski definition) is 3. The minimum absolute atomic E-state index is 0.242. The van der Waals surface area contributed by atoms with Gasteiger partial charge in [0.1, 0.15) is 5.69 Å². The van der Waals surface area contributed by atoms with Crippen molar-refractivity contribution in [2.24, 2.45) is 11.5 Å². The molecule has 0 aliphatic heterocycles. The lowest BCUT2D eigenvalue weighted by Gasteiger charge is -2.06. The van der Waals surface area contributed by atoms with Gasteiger partial charge in [-0.25, -0.2) is 4.68 Å². The van der Waals surface area contributed by atoms with Gasteiger partial charge in [0.2, 0.25) is 0 Å². The molecule has 0 unspecified atom stereocenters. The first-order valence-corrected chi connectivity index (χ1v) is 4.86. The molecule has 0 bridgehead atoms. The highest BCUT2D eigenvalue weighted by molar-refractivity contribution is 5.90. The summed E-state index contributed by atoms with van der Waals surface area (Å²) < 4.78 is 1.60. The van der Waals surface area contributed by atoms with Crippen LogP contribution in [0.4, 0.5) is 0 Å². The van der Waals surface area contributed by atoms with Gasteiger partial charge in [0, 0.05) is 12.7 Å². The molecule has 5 nitrogen and oxygen atoms in total. The van der Waals surface area contributed by atoms with Crippen LogP contribution in [0, 0.1) is 0 Å². The summed E-state index contributed by atoms with van der Waals surface area (Å²) in [5.41, 5.74) is 12.8. The summed E-state index contributed by atoms with van der Waals surface area (Å²) in [7, 11) is 0. The second kappa shape index (κ2) is 4.16. The summed E-state index contributed by atoms with van der Waals surface area (Å²) in [5.74, 6) is -0.538. The number of carbonyl (C=O) groups is 1. The Morgan fingerprint density at radius 3 is 2.69 bits per heavy atom. The highest BCUT2D eigenvalue weighted by atomic mass is 16.1. The van der Waals surface area contributed by atoms with E-state index in [-0.39, 0.29) is 5.69 Å². The van der Waals surface area contributed by atoms with Gasteiger partial charge >= 0.3 is 0 Å². The van der Waals surface area contributed by atoms with Crippen LogP contribution in [-0.2, 0) is 6.54 Å². The maximum Gasteiger partial charge on any atom is 0.269 e. The van der Waals surface area contributed by atoms with Crippen molar-refractivity contribution in [2.45, 2.75) is 6.54 Å². The van der Waals surface area contributed by atoms with E-state index in [2.05, 4.69) is 5.10 Å². The number of aromatic nitrogens is 2. The summed E-state index contributed by atoms with van der Waals surface area (Å²) in [6, 6.07) is 9.18. The second-order valence-electron chi connectivity index (χ2n) is 3.34. The summed E-state index contributed by atoms with van der Waals surface area (Å²) >= 11 is 0. The summed E-state index contributed by atoms with van der Waals surface area (Å²) in [6.45, 7) is 0.419. The molecule has 0 saturated carbocycles. The first kappa shape index (κ1) is 10.4. The number of nitrogens with zero attached hydrogens (tertiary/aromatic N) is 2. The van der Waals surface area contributed by atoms with Crippen LogP contribution in [0.3, 0.4) is 0 Å². The Kier molecular flexibility index (Phi) is 2.70. The van der Waals surface area contributed by atoms with Crippen LogP contribution < -0.4 is 11.5 Å². The fraction of sp³-hybridized carbons (Fsp3) is 0.0909. The van der Waals surface area contributed by atoms with Crippen LogP contribution in [0.25, 0.3) is 5.69 Å². The Morgan fingerprint density at radius 2 is 2.06 bits per heavy atom. The Morgan fingerprint density at radius 1 is 1.31 bits per heavy atom. The highest BCUT2D eigenvalue weighted by Crippen LogP contribution is 2.13. The molecule has 0 fully saturated rings. The molecule has 2 aromatic rings. The van der Waals surface area contributed by atoms with Gasteiger partial charge in [-0.1, -0.05) is 18.2 Å². The molecule has 0 aliphatic rings. The van der Waals surface area contributed by atoms with E-state index in [1.165, 1.54) is 0 Å². The Labute approximate surface area is 92.7 Å². The fourth-order valence-corrected chi connectivity index (χ4v) is 1.50. The number of carbonyl (C=O) groups excluding carboxylic acids is 1. The van der Waals surface area contributed by atoms with E-state index in [4.69, 9.17) is 11.5 Å². The molecule has 0 saturated heterocycles. The van der Waals surface area contributed by atoms with Gasteiger partial charge < -0.3 is 11.5 Å². The number of benzene rings is 1. The predicted octanol–water partition coefficient (Wildman–Crippen LogP) is 0.430. The molecule has 2 rings (SSSR count). The van der Waals surface area contributed by atoms with Crippen molar-refractivity contribution in [3.8, 4) is 5.69 Å². The standard InChI is InChI=1S/C11H12N4O/c12-7-8-3-1-2-4-10(8)15-6-5-9(14-15)11(13)16/h1-6H,7,12H2,(H2,13,16). The van der Waals surface area contributed by atoms with Crippen molar-refractivity contribution >= 4 is 5.91 Å². The SMILES string of the molecule is NCc1ccccc1-n1ccc(C(N)=O)n1. The first-order chi connectivity index (χ1) is 7.72. The van der Waals surface area contributed by atoms with Crippen molar-refractivity contribution in [1.29, 1.82) is 0 Å². The molecule has 1 aromatic heterocycles. The molecule has 1 heterocycles. The van der Waals surface area contributed by atoms with Gasteiger partial charge in [0.05, 0.1) is 5.69 Å². The largest absolute Gasteiger partial charge is 0.364 e. The Balaban J connectivity index is 2.46. The van der Waals surface area contributed by atoms with Crippen LogP contribution >= 0.6 is 0 Å². The lowest BCUT2D eigenvalue weighted by atomic mass is 10.2. The predicted molar refractivity (Wildman–Crippen MR) is 60.0 cm³/mol. The normalized spacial score (nSPS) is 10.3. The number of rotatable bonds is 3. The van der Waals surface area contributed by atoms with E-state index in [1.807, 2.05) is 24.3 Å². The molecule has 0 spiro atoms. The van der Waals surface area contributed by atoms with Crippen molar-refractivity contribution < 1.29 is 4.79 Å². The second-order valence-corrected chi connectivity index (χ2v) is 3.34. The van der Waals surface area contributed by atoms with Gasteiger partial charge in [0.15, 0.2) is 0 Å². The zero-order valence-corrected chi connectivity index (χ0v) is 8.63. The van der Waals surface area contributed by atoms with Crippen molar-refractivity contribution in [2.75, 3.05) is 0 Å². The number of nitrogens with two attached hydrogens (primary N) is 2. The Hall–Kier alpha value is -2.14. The first-order valence-electron chi connectivity index (χ1n) is 4.86. The molecule has 1 aromatic carbocycles. The third kappa shape index (κ3) is 1.80. The summed E-state index contributed by atoms with van der Waals surface area (Å²) in [5, 5.41) is 4.08. The van der Waals surface area contributed by atoms with E-state index in [0.29, 0.717) is 6.54 Å². The fourth-order valence-electron chi connectivity index (χ4n) is 1.50. The quantitative estimate of drug-likeness (QED) is 0.780. The average molecular weight is 216 g/mol. The summed E-state index contributed by atoms with van der Waals surface area (Å²) in [4.78, 5) is 10.9. The minimum Gasteiger partial charge on any atom is -0.364 e.